The second kappa shape index (κ2) is 4.37. The molecule has 0 spiro atoms. The molecule has 8 nitrogen and oxygen atoms in total. The summed E-state index contributed by atoms with van der Waals surface area (Å²) < 4.78 is 3.15. The third kappa shape index (κ3) is 1.89. The maximum Gasteiger partial charge on any atom is 0.257 e. The number of hydrogen-bond donors (Lipinski definition) is 1. The van der Waals surface area contributed by atoms with Crippen LogP contribution in [-0.4, -0.2) is 34.5 Å². The van der Waals surface area contributed by atoms with Crippen molar-refractivity contribution in [3.63, 3.8) is 0 Å². The van der Waals surface area contributed by atoms with E-state index in [0.29, 0.717) is 11.9 Å². The topological polar surface area (TPSA) is 100 Å². The monoisotopic (exact) mass is 278 g/mol. The number of fused-ring (bicyclic) bond motifs is 1. The highest BCUT2D eigenvalue weighted by Gasteiger charge is 2.11. The van der Waals surface area contributed by atoms with Crippen molar-refractivity contribution in [1.82, 2.24) is 34.5 Å². The lowest BCUT2D eigenvalue weighted by molar-refractivity contribution is 0.758. The van der Waals surface area contributed by atoms with Gasteiger partial charge in [-0.25, -0.2) is 4.68 Å². The Kier molecular flexibility index (Phi) is 2.40. The highest BCUT2D eigenvalue weighted by Crippen LogP contribution is 2.16. The number of hydrogen-bond acceptors (Lipinski definition) is 6. The number of nitrogens with zero attached hydrogens (tertiary/aromatic N) is 7. The summed E-state index contributed by atoms with van der Waals surface area (Å²) in [5, 5.41) is 9.40. The van der Waals surface area contributed by atoms with Crippen LogP contribution in [0.4, 0.5) is 5.95 Å². The number of para-hydroxylation sites is 1. The van der Waals surface area contributed by atoms with E-state index in [1.165, 1.54) is 4.68 Å². The minimum absolute atomic E-state index is 0.116. The van der Waals surface area contributed by atoms with Gasteiger partial charge in [-0.05, 0) is 12.1 Å². The van der Waals surface area contributed by atoms with Crippen LogP contribution in [0.1, 0.15) is 0 Å². The second-order valence-electron chi connectivity index (χ2n) is 4.36. The average molecular weight is 278 g/mol. The molecule has 4 rings (SSSR count). The zero-order valence-electron chi connectivity index (χ0n) is 10.8. The first-order valence-electron chi connectivity index (χ1n) is 6.26. The first kappa shape index (κ1) is 11.5. The number of nitrogens with two attached hydrogens (primary N) is 1. The van der Waals surface area contributed by atoms with Crippen LogP contribution in [-0.2, 0) is 0 Å². The zero-order chi connectivity index (χ0) is 14.2. The number of anilines is 1. The molecule has 0 amide bonds. The van der Waals surface area contributed by atoms with Crippen molar-refractivity contribution in [2.24, 2.45) is 0 Å². The highest BCUT2D eigenvalue weighted by molar-refractivity contribution is 5.79. The summed E-state index contributed by atoms with van der Waals surface area (Å²) in [5.74, 6) is 0.821. The lowest BCUT2D eigenvalue weighted by atomic mass is 10.3. The van der Waals surface area contributed by atoms with E-state index in [1.54, 1.807) is 29.3 Å². The molecule has 0 aliphatic heterocycles. The van der Waals surface area contributed by atoms with Gasteiger partial charge in [0, 0.05) is 17.8 Å². The van der Waals surface area contributed by atoms with E-state index in [-0.39, 0.29) is 5.95 Å². The fraction of sp³-hybridized carbons (Fsp3) is 0. The van der Waals surface area contributed by atoms with Crippen LogP contribution >= 0.6 is 0 Å². The van der Waals surface area contributed by atoms with Gasteiger partial charge in [-0.15, -0.1) is 0 Å². The van der Waals surface area contributed by atoms with E-state index in [0.717, 1.165) is 10.9 Å². The van der Waals surface area contributed by atoms with E-state index in [2.05, 4.69) is 25.1 Å². The minimum Gasteiger partial charge on any atom is -0.368 e. The van der Waals surface area contributed by atoms with Crippen LogP contribution in [0.3, 0.4) is 0 Å². The second-order valence-corrected chi connectivity index (χ2v) is 4.36. The normalized spacial score (nSPS) is 11.0. The lowest BCUT2D eigenvalue weighted by Crippen LogP contribution is -2.12. The van der Waals surface area contributed by atoms with E-state index in [9.17, 15) is 0 Å². The van der Waals surface area contributed by atoms with Crippen LogP contribution in [0, 0.1) is 0 Å². The van der Waals surface area contributed by atoms with Gasteiger partial charge in [0.05, 0.1) is 11.7 Å². The molecule has 0 aliphatic carbocycles. The molecule has 0 atom stereocenters. The standard InChI is InChI=1S/C13H10N8/c14-11-17-12(20-7-3-6-15-20)19-13(18-11)21-10-5-2-1-4-9(10)8-16-21/h1-8H,(H2,14,17,18,19). The Balaban J connectivity index is 1.93. The molecule has 0 aliphatic rings. The largest absolute Gasteiger partial charge is 0.368 e. The maximum absolute atomic E-state index is 5.77. The van der Waals surface area contributed by atoms with Gasteiger partial charge in [-0.2, -0.15) is 29.8 Å². The van der Waals surface area contributed by atoms with Gasteiger partial charge in [0.25, 0.3) is 11.9 Å². The van der Waals surface area contributed by atoms with Crippen molar-refractivity contribution >= 4 is 16.9 Å². The predicted octanol–water partition coefficient (Wildman–Crippen LogP) is 0.978. The van der Waals surface area contributed by atoms with Gasteiger partial charge in [0.2, 0.25) is 5.95 Å². The Labute approximate surface area is 118 Å². The van der Waals surface area contributed by atoms with Crippen molar-refractivity contribution in [2.45, 2.75) is 0 Å². The number of rotatable bonds is 2. The number of benzene rings is 1. The molecule has 3 heterocycles. The number of nitrogen functional groups attached to an aromatic ring is 1. The van der Waals surface area contributed by atoms with Crippen molar-refractivity contribution in [2.75, 3.05) is 5.73 Å². The predicted molar refractivity (Wildman–Crippen MR) is 76.0 cm³/mol. The van der Waals surface area contributed by atoms with Gasteiger partial charge in [0.15, 0.2) is 0 Å². The molecule has 0 saturated carbocycles. The van der Waals surface area contributed by atoms with Crippen LogP contribution in [0.5, 0.6) is 0 Å². The number of aromatic nitrogens is 7. The molecule has 0 bridgehead atoms. The lowest BCUT2D eigenvalue weighted by Gasteiger charge is -2.05. The summed E-state index contributed by atoms with van der Waals surface area (Å²) in [7, 11) is 0. The molecular weight excluding hydrogens is 268 g/mol. The smallest absolute Gasteiger partial charge is 0.257 e. The summed E-state index contributed by atoms with van der Waals surface area (Å²) in [6.45, 7) is 0. The molecule has 2 N–H and O–H groups in total. The molecule has 4 aromatic rings. The Hall–Kier alpha value is -3.29. The van der Waals surface area contributed by atoms with E-state index >= 15 is 0 Å². The molecular formula is C13H10N8. The quantitative estimate of drug-likeness (QED) is 0.586. The Morgan fingerprint density at radius 2 is 1.76 bits per heavy atom. The van der Waals surface area contributed by atoms with E-state index in [4.69, 9.17) is 5.73 Å². The van der Waals surface area contributed by atoms with Crippen LogP contribution in [0.15, 0.2) is 48.9 Å². The minimum atomic E-state index is 0.116. The van der Waals surface area contributed by atoms with Crippen molar-refractivity contribution in [3.8, 4) is 11.9 Å². The van der Waals surface area contributed by atoms with Crippen LogP contribution in [0.2, 0.25) is 0 Å². The summed E-state index contributed by atoms with van der Waals surface area (Å²) >= 11 is 0. The summed E-state index contributed by atoms with van der Waals surface area (Å²) in [4.78, 5) is 12.6. The van der Waals surface area contributed by atoms with Gasteiger partial charge >= 0.3 is 0 Å². The molecule has 1 aromatic carbocycles. The van der Waals surface area contributed by atoms with Crippen molar-refractivity contribution in [1.29, 1.82) is 0 Å². The highest BCUT2D eigenvalue weighted by atomic mass is 15.4. The molecule has 8 heteroatoms. The summed E-state index contributed by atoms with van der Waals surface area (Å²) in [6.07, 6.45) is 5.13. The van der Waals surface area contributed by atoms with Crippen LogP contribution < -0.4 is 5.73 Å². The Morgan fingerprint density at radius 3 is 2.62 bits per heavy atom. The van der Waals surface area contributed by atoms with Gasteiger partial charge < -0.3 is 5.73 Å². The third-order valence-corrected chi connectivity index (χ3v) is 3.01. The zero-order valence-corrected chi connectivity index (χ0v) is 10.8. The SMILES string of the molecule is Nc1nc(-n2cccn2)nc(-n2ncc3ccccc32)n1. The van der Waals surface area contributed by atoms with Crippen molar-refractivity contribution < 1.29 is 0 Å². The Morgan fingerprint density at radius 1 is 0.905 bits per heavy atom. The summed E-state index contributed by atoms with van der Waals surface area (Å²) in [6, 6.07) is 9.57. The maximum atomic E-state index is 5.77. The molecule has 102 valence electrons. The molecule has 3 aromatic heterocycles. The summed E-state index contributed by atoms with van der Waals surface area (Å²) in [5.41, 5.74) is 6.67. The van der Waals surface area contributed by atoms with Gasteiger partial charge in [0.1, 0.15) is 0 Å². The molecule has 0 fully saturated rings. The molecule has 0 unspecified atom stereocenters. The van der Waals surface area contributed by atoms with E-state index < -0.39 is 0 Å². The average Bonchev–Trinajstić information content (AvgIpc) is 3.16. The van der Waals surface area contributed by atoms with E-state index in [1.807, 2.05) is 24.3 Å². The fourth-order valence-electron chi connectivity index (χ4n) is 2.08. The van der Waals surface area contributed by atoms with Gasteiger partial charge in [-0.1, -0.05) is 18.2 Å². The first-order valence-corrected chi connectivity index (χ1v) is 6.26. The molecule has 21 heavy (non-hydrogen) atoms. The third-order valence-electron chi connectivity index (χ3n) is 3.01. The van der Waals surface area contributed by atoms with Gasteiger partial charge in [-0.3, -0.25) is 0 Å². The van der Waals surface area contributed by atoms with Crippen molar-refractivity contribution in [3.05, 3.63) is 48.9 Å². The fourth-order valence-corrected chi connectivity index (χ4v) is 2.08. The first-order chi connectivity index (χ1) is 10.3. The molecule has 0 radical (unpaired) electrons. The van der Waals surface area contributed by atoms with Crippen LogP contribution in [0.25, 0.3) is 22.8 Å². The molecule has 0 saturated heterocycles. The Bertz CT molecular complexity index is 909.